The number of nitrogens with zero attached hydrogens (tertiary/aromatic N) is 3. The fourth-order valence-electron chi connectivity index (χ4n) is 1.41. The molecule has 1 fully saturated rings. The third-order valence-corrected chi connectivity index (χ3v) is 2.20. The highest BCUT2D eigenvalue weighted by Gasteiger charge is 2.45. The normalized spacial score (nSPS) is 37.3. The van der Waals surface area contributed by atoms with Gasteiger partial charge in [0.2, 0.25) is 0 Å². The van der Waals surface area contributed by atoms with Crippen LogP contribution in [-0.2, 0) is 9.47 Å². The van der Waals surface area contributed by atoms with Crippen LogP contribution < -0.4 is 0 Å². The average molecular weight is 219 g/mol. The van der Waals surface area contributed by atoms with Crippen LogP contribution in [-0.4, -0.2) is 59.7 Å². The molecule has 0 aromatic carbocycles. The summed E-state index contributed by atoms with van der Waals surface area (Å²) >= 11 is 0. The Bertz CT molecular complexity index is 257. The van der Waals surface area contributed by atoms with E-state index in [0.29, 0.717) is 0 Å². The Kier molecular flexibility index (Phi) is 4.28. The van der Waals surface area contributed by atoms with Crippen LogP contribution in [0.5, 0.6) is 0 Å². The summed E-state index contributed by atoms with van der Waals surface area (Å²) in [5.74, 6) is 0. The number of rotatable bonds is 4. The van der Waals surface area contributed by atoms with Gasteiger partial charge < -0.3 is 24.8 Å². The Morgan fingerprint density at radius 2 is 2.20 bits per heavy atom. The maximum atomic E-state index is 9.48. The van der Waals surface area contributed by atoms with Gasteiger partial charge in [0.25, 0.3) is 0 Å². The number of hydrogen-bond acceptors (Lipinski definition) is 6. The second-order valence-corrected chi connectivity index (χ2v) is 3.17. The van der Waals surface area contributed by atoms with Crippen LogP contribution in [0, 0.1) is 0 Å². The Morgan fingerprint density at radius 3 is 2.67 bits per heavy atom. The van der Waals surface area contributed by atoms with E-state index in [4.69, 9.17) is 15.0 Å². The first kappa shape index (κ1) is 12.2. The summed E-state index contributed by atoms with van der Waals surface area (Å²) in [5, 5.41) is 31.5. The third kappa shape index (κ3) is 2.57. The molecule has 1 aliphatic heterocycles. The van der Waals surface area contributed by atoms with Crippen molar-refractivity contribution in [1.82, 2.24) is 0 Å². The summed E-state index contributed by atoms with van der Waals surface area (Å²) in [6.45, 7) is -0.235. The second-order valence-electron chi connectivity index (χ2n) is 3.17. The number of hydrogen-bond donors (Lipinski definition) is 3. The fraction of sp³-hybridized carbons (Fsp3) is 1.00. The molecule has 1 aliphatic rings. The van der Waals surface area contributed by atoms with Gasteiger partial charge >= 0.3 is 0 Å². The molecule has 0 aromatic heterocycles. The molecule has 0 aliphatic carbocycles. The minimum absolute atomic E-state index is 0.235. The lowest BCUT2D eigenvalue weighted by atomic mass is 10.1. The lowest BCUT2D eigenvalue weighted by molar-refractivity contribution is -0.162. The number of aliphatic hydroxyl groups excluding tert-OH is 3. The maximum absolute atomic E-state index is 9.48. The van der Waals surface area contributed by atoms with Crippen molar-refractivity contribution in [2.24, 2.45) is 5.11 Å². The lowest BCUT2D eigenvalue weighted by Gasteiger charge is -2.18. The molecule has 0 radical (unpaired) electrons. The lowest BCUT2D eigenvalue weighted by Crippen LogP contribution is -2.40. The number of methoxy groups -OCH3 is 1. The summed E-state index contributed by atoms with van der Waals surface area (Å²) in [7, 11) is 1.31. The molecule has 0 saturated carbocycles. The first-order valence-electron chi connectivity index (χ1n) is 4.35. The van der Waals surface area contributed by atoms with Crippen LogP contribution in [0.15, 0.2) is 5.11 Å². The topological polar surface area (TPSA) is 128 Å². The van der Waals surface area contributed by atoms with Crippen LogP contribution >= 0.6 is 0 Å². The molecule has 0 aromatic rings. The van der Waals surface area contributed by atoms with E-state index in [2.05, 4.69) is 10.0 Å². The summed E-state index contributed by atoms with van der Waals surface area (Å²) in [6, 6.07) is 0. The van der Waals surface area contributed by atoms with Gasteiger partial charge in [-0.15, -0.1) is 0 Å². The van der Waals surface area contributed by atoms with Crippen LogP contribution in [0.1, 0.15) is 0 Å². The molecule has 86 valence electrons. The quantitative estimate of drug-likeness (QED) is 0.309. The molecule has 8 nitrogen and oxygen atoms in total. The van der Waals surface area contributed by atoms with E-state index in [-0.39, 0.29) is 6.54 Å². The highest BCUT2D eigenvalue weighted by molar-refractivity contribution is 4.91. The number of aliphatic hydroxyl groups is 3. The van der Waals surface area contributed by atoms with Crippen LogP contribution in [0.3, 0.4) is 0 Å². The summed E-state index contributed by atoms with van der Waals surface area (Å²) in [5.41, 5.74) is 8.04. The molecule has 0 bridgehead atoms. The van der Waals surface area contributed by atoms with Crippen LogP contribution in [0.25, 0.3) is 10.4 Å². The largest absolute Gasteiger partial charge is 0.390 e. The summed E-state index contributed by atoms with van der Waals surface area (Å²) < 4.78 is 9.77. The van der Waals surface area contributed by atoms with Crippen molar-refractivity contribution in [3.8, 4) is 0 Å². The Hall–Kier alpha value is -0.890. The van der Waals surface area contributed by atoms with Gasteiger partial charge in [0.05, 0.1) is 12.6 Å². The minimum Gasteiger partial charge on any atom is -0.390 e. The molecule has 0 amide bonds. The summed E-state index contributed by atoms with van der Waals surface area (Å²) in [6.07, 6.45) is -5.66. The first-order chi connectivity index (χ1) is 7.11. The molecule has 0 unspecified atom stereocenters. The predicted octanol–water partition coefficient (Wildman–Crippen LogP) is -1.25. The predicted molar refractivity (Wildman–Crippen MR) is 47.7 cm³/mol. The standard InChI is InChI=1S/C7H13N3O5/c1-14-7-5(13)4(12)6(15-7)3(11)2-9-10-8/h3-7,11-13H,2H2,1H3/t3-,4-,5-,6+,7-/m1/s1. The van der Waals surface area contributed by atoms with Gasteiger partial charge in [0.15, 0.2) is 6.29 Å². The molecular weight excluding hydrogens is 206 g/mol. The third-order valence-electron chi connectivity index (χ3n) is 2.20. The molecule has 8 heteroatoms. The van der Waals surface area contributed by atoms with E-state index in [1.165, 1.54) is 7.11 Å². The molecule has 1 saturated heterocycles. The van der Waals surface area contributed by atoms with Crippen molar-refractivity contribution in [3.05, 3.63) is 10.4 Å². The summed E-state index contributed by atoms with van der Waals surface area (Å²) in [4.78, 5) is 2.46. The van der Waals surface area contributed by atoms with Gasteiger partial charge in [-0.25, -0.2) is 0 Å². The second kappa shape index (κ2) is 5.26. The Morgan fingerprint density at radius 1 is 1.53 bits per heavy atom. The van der Waals surface area contributed by atoms with Crippen molar-refractivity contribution in [2.75, 3.05) is 13.7 Å². The van der Waals surface area contributed by atoms with Crippen molar-refractivity contribution < 1.29 is 24.8 Å². The zero-order valence-electron chi connectivity index (χ0n) is 8.09. The minimum atomic E-state index is -1.26. The molecule has 3 N–H and O–H groups in total. The van der Waals surface area contributed by atoms with Crippen LogP contribution in [0.4, 0.5) is 0 Å². The van der Waals surface area contributed by atoms with Crippen LogP contribution in [0.2, 0.25) is 0 Å². The van der Waals surface area contributed by atoms with Gasteiger partial charge in [-0.2, -0.15) is 0 Å². The van der Waals surface area contributed by atoms with Crippen molar-refractivity contribution in [2.45, 2.75) is 30.7 Å². The smallest absolute Gasteiger partial charge is 0.186 e. The van der Waals surface area contributed by atoms with Gasteiger partial charge in [0, 0.05) is 12.0 Å². The van der Waals surface area contributed by atoms with Gasteiger partial charge in [-0.1, -0.05) is 5.11 Å². The molecule has 15 heavy (non-hydrogen) atoms. The average Bonchev–Trinajstić information content (AvgIpc) is 2.52. The first-order valence-corrected chi connectivity index (χ1v) is 4.35. The SMILES string of the molecule is CO[C@@H]1O[C@@H]([C@H](O)CN=[N+]=[N-])[C@H](O)[C@H]1O. The fourth-order valence-corrected chi connectivity index (χ4v) is 1.41. The van der Waals surface area contributed by atoms with Gasteiger partial charge in [-0.3, -0.25) is 0 Å². The molecule has 5 atom stereocenters. The number of ether oxygens (including phenoxy) is 2. The maximum Gasteiger partial charge on any atom is 0.186 e. The zero-order chi connectivity index (χ0) is 11.4. The van der Waals surface area contributed by atoms with Gasteiger partial charge in [0.1, 0.15) is 18.3 Å². The van der Waals surface area contributed by atoms with E-state index in [9.17, 15) is 15.3 Å². The van der Waals surface area contributed by atoms with E-state index in [1.807, 2.05) is 0 Å². The Labute approximate surface area is 85.7 Å². The molecule has 1 heterocycles. The van der Waals surface area contributed by atoms with E-state index < -0.39 is 30.7 Å². The van der Waals surface area contributed by atoms with Crippen molar-refractivity contribution in [1.29, 1.82) is 0 Å². The monoisotopic (exact) mass is 219 g/mol. The van der Waals surface area contributed by atoms with E-state index in [0.717, 1.165) is 0 Å². The van der Waals surface area contributed by atoms with E-state index >= 15 is 0 Å². The zero-order valence-corrected chi connectivity index (χ0v) is 8.09. The van der Waals surface area contributed by atoms with Gasteiger partial charge in [-0.05, 0) is 5.53 Å². The molecular formula is C7H13N3O5. The van der Waals surface area contributed by atoms with Crippen molar-refractivity contribution in [3.63, 3.8) is 0 Å². The molecule has 1 rings (SSSR count). The van der Waals surface area contributed by atoms with E-state index in [1.54, 1.807) is 0 Å². The highest BCUT2D eigenvalue weighted by atomic mass is 16.7. The highest BCUT2D eigenvalue weighted by Crippen LogP contribution is 2.24. The molecule has 0 spiro atoms. The Balaban J connectivity index is 2.59. The number of azide groups is 1. The van der Waals surface area contributed by atoms with Crippen molar-refractivity contribution >= 4 is 0 Å².